The minimum atomic E-state index is -3.43. The summed E-state index contributed by atoms with van der Waals surface area (Å²) in [5, 5.41) is 9.60. The van der Waals surface area contributed by atoms with E-state index in [1.54, 1.807) is 0 Å². The zero-order valence-corrected chi connectivity index (χ0v) is 13.1. The molecule has 0 rings (SSSR count). The molecule has 0 spiro atoms. The molecule has 0 heterocycles. The average molecular weight is 326 g/mol. The molecule has 0 aliphatic rings. The van der Waals surface area contributed by atoms with Crippen molar-refractivity contribution in [3.05, 3.63) is 0 Å². The van der Waals surface area contributed by atoms with Crippen molar-refractivity contribution in [3.8, 4) is 0 Å². The molecule has 1 N–H and O–H groups in total. The van der Waals surface area contributed by atoms with Gasteiger partial charge in [-0.25, -0.2) is 0 Å². The molecule has 7 nitrogen and oxygen atoms in total. The molecule has 0 aromatic carbocycles. The first-order chi connectivity index (χ1) is 9.36. The van der Waals surface area contributed by atoms with Gasteiger partial charge in [-0.05, 0) is 6.42 Å². The van der Waals surface area contributed by atoms with E-state index in [2.05, 4.69) is 9.05 Å². The molecule has 0 saturated carbocycles. The number of hydrogen-bond acceptors (Lipinski definition) is 7. The molecule has 0 amide bonds. The van der Waals surface area contributed by atoms with Crippen LogP contribution in [0.15, 0.2) is 0 Å². The Morgan fingerprint density at radius 2 is 1.76 bits per heavy atom. The molecule has 0 fully saturated rings. The zero-order chi connectivity index (χ0) is 15.6. The van der Waals surface area contributed by atoms with Gasteiger partial charge in [-0.1, -0.05) is 20.8 Å². The zero-order valence-electron chi connectivity index (χ0n) is 12.2. The predicted molar refractivity (Wildman–Crippen MR) is 79.3 cm³/mol. The van der Waals surface area contributed by atoms with E-state index in [0.29, 0.717) is 6.61 Å². The van der Waals surface area contributed by atoms with Gasteiger partial charge in [0, 0.05) is 20.6 Å². The topological polar surface area (TPSA) is 99.1 Å². The quantitative estimate of drug-likeness (QED) is 0.353. The highest BCUT2D eigenvalue weighted by molar-refractivity contribution is 7.54. The first kappa shape index (κ1) is 22.5. The van der Waals surface area contributed by atoms with Crippen molar-refractivity contribution >= 4 is 19.3 Å². The first-order valence-corrected chi connectivity index (χ1v) is 8.15. The summed E-state index contributed by atoms with van der Waals surface area (Å²) in [6.07, 6.45) is -0.483. The Hall–Kier alpha value is -0.750. The second kappa shape index (κ2) is 11.9. The lowest BCUT2D eigenvalue weighted by Crippen LogP contribution is -2.21. The third-order valence-electron chi connectivity index (χ3n) is 2.55. The monoisotopic (exact) mass is 326 g/mol. The molecular weight excluding hydrogens is 299 g/mol. The second-order valence-electron chi connectivity index (χ2n) is 4.31. The molecule has 8 heteroatoms. The van der Waals surface area contributed by atoms with Gasteiger partial charge in [0.15, 0.2) is 0 Å². The third kappa shape index (κ3) is 10.6. The van der Waals surface area contributed by atoms with Gasteiger partial charge >= 0.3 is 13.6 Å². The van der Waals surface area contributed by atoms with E-state index in [9.17, 15) is 19.3 Å². The van der Waals surface area contributed by atoms with Crippen molar-refractivity contribution in [1.82, 2.24) is 0 Å². The summed E-state index contributed by atoms with van der Waals surface area (Å²) in [5.74, 6) is -1.05. The molecule has 0 aromatic rings. The Bertz CT molecular complexity index is 348. The van der Waals surface area contributed by atoms with Gasteiger partial charge in [-0.2, -0.15) is 0 Å². The Kier molecular flexibility index (Phi) is 12.7. The number of aliphatic hydroxyl groups excluding tert-OH is 1. The SMILES string of the molecule is C.CCCCOC(=O)C[C@H](O)CC(=O)CP(=O)(OC)OC. The van der Waals surface area contributed by atoms with Crippen molar-refractivity contribution in [2.24, 2.45) is 0 Å². The Balaban J connectivity index is 0. The lowest BCUT2D eigenvalue weighted by atomic mass is 10.1. The van der Waals surface area contributed by atoms with Crippen LogP contribution in [0.5, 0.6) is 0 Å². The summed E-state index contributed by atoms with van der Waals surface area (Å²) in [7, 11) is -1.07. The number of ketones is 1. The van der Waals surface area contributed by atoms with E-state index in [4.69, 9.17) is 4.74 Å². The van der Waals surface area contributed by atoms with E-state index >= 15 is 0 Å². The van der Waals surface area contributed by atoms with E-state index in [1.807, 2.05) is 6.92 Å². The van der Waals surface area contributed by atoms with Crippen LogP contribution >= 0.6 is 7.60 Å². The molecule has 0 radical (unpaired) electrons. The van der Waals surface area contributed by atoms with E-state index in [0.717, 1.165) is 12.8 Å². The van der Waals surface area contributed by atoms with Gasteiger partial charge < -0.3 is 18.9 Å². The minimum absolute atomic E-state index is 0. The average Bonchev–Trinajstić information content (AvgIpc) is 2.38. The Morgan fingerprint density at radius 1 is 1.19 bits per heavy atom. The smallest absolute Gasteiger partial charge is 0.337 e. The number of hydrogen-bond donors (Lipinski definition) is 1. The van der Waals surface area contributed by atoms with Gasteiger partial charge in [-0.15, -0.1) is 0 Å². The lowest BCUT2D eigenvalue weighted by Gasteiger charge is -2.14. The first-order valence-electron chi connectivity index (χ1n) is 6.42. The summed E-state index contributed by atoms with van der Waals surface area (Å²) in [5.41, 5.74) is 0. The number of carbonyl (C=O) groups excluding carboxylic acids is 2. The fourth-order valence-electron chi connectivity index (χ4n) is 1.40. The number of rotatable bonds is 11. The number of unbranched alkanes of at least 4 members (excludes halogenated alkanes) is 1. The second-order valence-corrected chi connectivity index (χ2v) is 6.58. The summed E-state index contributed by atoms with van der Waals surface area (Å²) >= 11 is 0. The minimum Gasteiger partial charge on any atom is -0.466 e. The van der Waals surface area contributed by atoms with Crippen LogP contribution in [0, 0.1) is 0 Å². The maximum absolute atomic E-state index is 11.7. The number of ether oxygens (including phenoxy) is 1. The van der Waals surface area contributed by atoms with Gasteiger partial charge in [0.2, 0.25) is 0 Å². The fraction of sp³-hybridized carbons (Fsp3) is 0.846. The number of aliphatic hydroxyl groups is 1. The molecule has 0 aliphatic heterocycles. The van der Waals surface area contributed by atoms with Crippen molar-refractivity contribution < 1.29 is 33.0 Å². The number of carbonyl (C=O) groups is 2. The molecule has 0 bridgehead atoms. The molecule has 126 valence electrons. The van der Waals surface area contributed by atoms with E-state index < -0.39 is 31.6 Å². The highest BCUT2D eigenvalue weighted by atomic mass is 31.2. The van der Waals surface area contributed by atoms with Crippen LogP contribution in [-0.4, -0.2) is 50.0 Å². The van der Waals surface area contributed by atoms with Gasteiger partial charge in [0.25, 0.3) is 0 Å². The number of esters is 1. The molecule has 21 heavy (non-hydrogen) atoms. The lowest BCUT2D eigenvalue weighted by molar-refractivity contribution is -0.146. The normalized spacial score (nSPS) is 12.4. The third-order valence-corrected chi connectivity index (χ3v) is 4.41. The van der Waals surface area contributed by atoms with Crippen molar-refractivity contribution in [1.29, 1.82) is 0 Å². The van der Waals surface area contributed by atoms with Gasteiger partial charge in [0.1, 0.15) is 11.9 Å². The van der Waals surface area contributed by atoms with Crippen LogP contribution in [0.4, 0.5) is 0 Å². The largest absolute Gasteiger partial charge is 0.466 e. The highest BCUT2D eigenvalue weighted by Crippen LogP contribution is 2.46. The molecular formula is C13H27O7P. The number of Topliss-reactive ketones (excluding diaryl/α,β-unsaturated/α-hetero) is 1. The maximum atomic E-state index is 11.7. The van der Waals surface area contributed by atoms with Gasteiger partial charge in [0.05, 0.1) is 19.1 Å². The van der Waals surface area contributed by atoms with Crippen molar-refractivity contribution in [2.45, 2.75) is 46.1 Å². The van der Waals surface area contributed by atoms with Crippen LogP contribution in [0.2, 0.25) is 0 Å². The van der Waals surface area contributed by atoms with Crippen molar-refractivity contribution in [2.75, 3.05) is 27.0 Å². The molecule has 1 atom stereocenters. The molecule has 0 saturated heterocycles. The summed E-state index contributed by atoms with van der Waals surface area (Å²) < 4.78 is 25.8. The van der Waals surface area contributed by atoms with E-state index in [1.165, 1.54) is 14.2 Å². The standard InChI is InChI=1S/C12H23O7P.CH4/c1-4-5-6-19-12(15)8-10(13)7-11(14)9-20(16,17-2)18-3;/h10,13H,4-9H2,1-3H3;1H4/t10-;/m1./s1. The molecule has 0 aliphatic carbocycles. The summed E-state index contributed by atoms with van der Waals surface area (Å²) in [6.45, 7) is 2.27. The van der Waals surface area contributed by atoms with Gasteiger partial charge in [-0.3, -0.25) is 14.2 Å². The van der Waals surface area contributed by atoms with E-state index in [-0.39, 0.29) is 20.3 Å². The van der Waals surface area contributed by atoms with Crippen molar-refractivity contribution in [3.63, 3.8) is 0 Å². The fourth-order valence-corrected chi connectivity index (χ4v) is 2.37. The summed E-state index contributed by atoms with van der Waals surface area (Å²) in [6, 6.07) is 0. The van der Waals surface area contributed by atoms with Crippen LogP contribution in [0.3, 0.4) is 0 Å². The van der Waals surface area contributed by atoms with Crippen LogP contribution in [-0.2, 0) is 27.9 Å². The highest BCUT2D eigenvalue weighted by Gasteiger charge is 2.27. The Morgan fingerprint density at radius 3 is 2.24 bits per heavy atom. The van der Waals surface area contributed by atoms with Crippen LogP contribution in [0.25, 0.3) is 0 Å². The maximum Gasteiger partial charge on any atom is 0.337 e. The van der Waals surface area contributed by atoms with Crippen LogP contribution < -0.4 is 0 Å². The van der Waals surface area contributed by atoms with Crippen LogP contribution in [0.1, 0.15) is 40.0 Å². The predicted octanol–water partition coefficient (Wildman–Crippen LogP) is 2.16. The summed E-state index contributed by atoms with van der Waals surface area (Å²) in [4.78, 5) is 22.9. The molecule has 0 unspecified atom stereocenters. The molecule has 0 aromatic heterocycles. The Labute approximate surface area is 126 Å².